The number of piperidine rings is 1. The molecule has 0 aromatic rings. The molecule has 0 saturated carbocycles. The maximum atomic E-state index is 3.76. The molecule has 64 valence electrons. The van der Waals surface area contributed by atoms with Gasteiger partial charge in [0.1, 0.15) is 0 Å². The van der Waals surface area contributed by atoms with Crippen LogP contribution in [0.3, 0.4) is 0 Å². The largest absolute Gasteiger partial charge is 0.299 e. The van der Waals surface area contributed by atoms with E-state index in [4.69, 9.17) is 0 Å². The van der Waals surface area contributed by atoms with Crippen molar-refractivity contribution in [3.8, 4) is 0 Å². The molecule has 0 aromatic carbocycles. The Morgan fingerprint density at radius 2 is 2.45 bits per heavy atom. The molecule has 0 bridgehead atoms. The quantitative estimate of drug-likeness (QED) is 0.562. The van der Waals surface area contributed by atoms with E-state index in [9.17, 15) is 0 Å². The second kappa shape index (κ2) is 4.55. The molecule has 1 rings (SSSR count). The Balaban J connectivity index is 2.27. The van der Waals surface area contributed by atoms with Crippen molar-refractivity contribution in [1.29, 1.82) is 0 Å². The first kappa shape index (κ1) is 8.79. The van der Waals surface area contributed by atoms with Crippen LogP contribution in [0.15, 0.2) is 12.7 Å². The fourth-order valence-corrected chi connectivity index (χ4v) is 1.83. The number of rotatable bonds is 3. The topological polar surface area (TPSA) is 3.24 Å². The summed E-state index contributed by atoms with van der Waals surface area (Å²) in [6, 6.07) is 0. The normalized spacial score (nSPS) is 26.8. The van der Waals surface area contributed by atoms with E-state index in [1.165, 1.54) is 32.4 Å². The molecule has 0 N–H and O–H groups in total. The molecule has 1 heteroatoms. The summed E-state index contributed by atoms with van der Waals surface area (Å²) in [5.74, 6) is 0.948. The summed E-state index contributed by atoms with van der Waals surface area (Å²) in [6.07, 6.45) is 6.17. The Morgan fingerprint density at radius 1 is 1.64 bits per heavy atom. The molecule has 0 spiro atoms. The SMILES string of the molecule is C=CCN1CCCC(CC)C1. The van der Waals surface area contributed by atoms with E-state index >= 15 is 0 Å². The molecule has 1 fully saturated rings. The van der Waals surface area contributed by atoms with Gasteiger partial charge in [0.15, 0.2) is 0 Å². The van der Waals surface area contributed by atoms with Crippen LogP contribution >= 0.6 is 0 Å². The number of hydrogen-bond donors (Lipinski definition) is 0. The van der Waals surface area contributed by atoms with Crippen molar-refractivity contribution >= 4 is 0 Å². The third-order valence-corrected chi connectivity index (χ3v) is 2.57. The van der Waals surface area contributed by atoms with Gasteiger partial charge in [-0.3, -0.25) is 4.90 Å². The molecular formula is C10H19N. The molecule has 1 unspecified atom stereocenters. The molecule has 0 amide bonds. The maximum Gasteiger partial charge on any atom is 0.0160 e. The average molecular weight is 153 g/mol. The maximum absolute atomic E-state index is 3.76. The van der Waals surface area contributed by atoms with E-state index in [1.807, 2.05) is 6.08 Å². The molecule has 1 atom stereocenters. The smallest absolute Gasteiger partial charge is 0.0160 e. The van der Waals surface area contributed by atoms with Gasteiger partial charge in [-0.25, -0.2) is 0 Å². The van der Waals surface area contributed by atoms with Crippen molar-refractivity contribution in [2.75, 3.05) is 19.6 Å². The summed E-state index contributed by atoms with van der Waals surface area (Å²) >= 11 is 0. The minimum atomic E-state index is 0.948. The summed E-state index contributed by atoms with van der Waals surface area (Å²) < 4.78 is 0. The van der Waals surface area contributed by atoms with Crippen molar-refractivity contribution in [1.82, 2.24) is 4.90 Å². The molecule has 0 aliphatic carbocycles. The van der Waals surface area contributed by atoms with Crippen LogP contribution in [0.2, 0.25) is 0 Å². The minimum Gasteiger partial charge on any atom is -0.299 e. The second-order valence-corrected chi connectivity index (χ2v) is 3.46. The summed E-state index contributed by atoms with van der Waals surface area (Å²) in [4.78, 5) is 2.50. The number of nitrogens with zero attached hydrogens (tertiary/aromatic N) is 1. The van der Waals surface area contributed by atoms with Crippen LogP contribution in [0.25, 0.3) is 0 Å². The molecular weight excluding hydrogens is 134 g/mol. The third kappa shape index (κ3) is 2.66. The predicted molar refractivity (Wildman–Crippen MR) is 49.7 cm³/mol. The highest BCUT2D eigenvalue weighted by Crippen LogP contribution is 2.18. The van der Waals surface area contributed by atoms with E-state index < -0.39 is 0 Å². The average Bonchev–Trinajstić information content (AvgIpc) is 2.06. The molecule has 1 aliphatic heterocycles. The lowest BCUT2D eigenvalue weighted by molar-refractivity contribution is 0.188. The lowest BCUT2D eigenvalue weighted by Crippen LogP contribution is -2.35. The van der Waals surface area contributed by atoms with Gasteiger partial charge in [0.2, 0.25) is 0 Å². The van der Waals surface area contributed by atoms with Crippen molar-refractivity contribution < 1.29 is 0 Å². The highest BCUT2D eigenvalue weighted by molar-refractivity contribution is 4.78. The Morgan fingerprint density at radius 3 is 3.09 bits per heavy atom. The van der Waals surface area contributed by atoms with Crippen molar-refractivity contribution in [2.24, 2.45) is 5.92 Å². The first-order valence-corrected chi connectivity index (χ1v) is 4.70. The van der Waals surface area contributed by atoms with Crippen LogP contribution in [0, 0.1) is 5.92 Å². The zero-order valence-corrected chi connectivity index (χ0v) is 7.55. The standard InChI is InChI=1S/C10H19N/c1-3-7-11-8-5-6-10(4-2)9-11/h3,10H,1,4-9H2,2H3. The van der Waals surface area contributed by atoms with Gasteiger partial charge < -0.3 is 0 Å². The monoisotopic (exact) mass is 153 g/mol. The van der Waals surface area contributed by atoms with Gasteiger partial charge in [-0.15, -0.1) is 6.58 Å². The number of hydrogen-bond acceptors (Lipinski definition) is 1. The summed E-state index contributed by atoms with van der Waals surface area (Å²) in [5, 5.41) is 0. The summed E-state index contributed by atoms with van der Waals surface area (Å²) in [7, 11) is 0. The summed E-state index contributed by atoms with van der Waals surface area (Å²) in [5.41, 5.74) is 0. The summed E-state index contributed by atoms with van der Waals surface area (Å²) in [6.45, 7) is 9.71. The fourth-order valence-electron chi connectivity index (χ4n) is 1.83. The third-order valence-electron chi connectivity index (χ3n) is 2.57. The van der Waals surface area contributed by atoms with Crippen LogP contribution in [0.4, 0.5) is 0 Å². The van der Waals surface area contributed by atoms with E-state index in [0.29, 0.717) is 0 Å². The molecule has 1 saturated heterocycles. The van der Waals surface area contributed by atoms with E-state index in [1.54, 1.807) is 0 Å². The van der Waals surface area contributed by atoms with Crippen molar-refractivity contribution in [2.45, 2.75) is 26.2 Å². The zero-order valence-electron chi connectivity index (χ0n) is 7.55. The molecule has 11 heavy (non-hydrogen) atoms. The molecule has 0 radical (unpaired) electrons. The molecule has 1 heterocycles. The second-order valence-electron chi connectivity index (χ2n) is 3.46. The van der Waals surface area contributed by atoms with Crippen molar-refractivity contribution in [3.63, 3.8) is 0 Å². The van der Waals surface area contributed by atoms with Gasteiger partial charge in [-0.1, -0.05) is 19.4 Å². The van der Waals surface area contributed by atoms with E-state index in [-0.39, 0.29) is 0 Å². The Labute approximate surface area is 70.1 Å². The van der Waals surface area contributed by atoms with Gasteiger partial charge in [-0.05, 0) is 25.3 Å². The van der Waals surface area contributed by atoms with Crippen LogP contribution < -0.4 is 0 Å². The van der Waals surface area contributed by atoms with E-state index in [2.05, 4.69) is 18.4 Å². The Hall–Kier alpha value is -0.300. The molecule has 0 aromatic heterocycles. The fraction of sp³-hybridized carbons (Fsp3) is 0.800. The lowest BCUT2D eigenvalue weighted by Gasteiger charge is -2.31. The Kier molecular flexibility index (Phi) is 3.64. The highest BCUT2D eigenvalue weighted by atomic mass is 15.1. The zero-order chi connectivity index (χ0) is 8.10. The van der Waals surface area contributed by atoms with Crippen LogP contribution in [-0.4, -0.2) is 24.5 Å². The number of likely N-dealkylation sites (tertiary alicyclic amines) is 1. The van der Waals surface area contributed by atoms with Gasteiger partial charge in [0.05, 0.1) is 0 Å². The van der Waals surface area contributed by atoms with Gasteiger partial charge in [-0.2, -0.15) is 0 Å². The van der Waals surface area contributed by atoms with Crippen LogP contribution in [0.5, 0.6) is 0 Å². The van der Waals surface area contributed by atoms with Gasteiger partial charge in [0.25, 0.3) is 0 Å². The molecule has 1 nitrogen and oxygen atoms in total. The van der Waals surface area contributed by atoms with E-state index in [0.717, 1.165) is 12.5 Å². The van der Waals surface area contributed by atoms with Crippen molar-refractivity contribution in [3.05, 3.63) is 12.7 Å². The first-order chi connectivity index (χ1) is 5.36. The first-order valence-electron chi connectivity index (χ1n) is 4.70. The van der Waals surface area contributed by atoms with Crippen LogP contribution in [-0.2, 0) is 0 Å². The highest BCUT2D eigenvalue weighted by Gasteiger charge is 2.16. The minimum absolute atomic E-state index is 0.948. The lowest BCUT2D eigenvalue weighted by atomic mass is 9.96. The Bertz CT molecular complexity index is 120. The van der Waals surface area contributed by atoms with Crippen LogP contribution in [0.1, 0.15) is 26.2 Å². The molecule has 1 aliphatic rings. The predicted octanol–water partition coefficient (Wildman–Crippen LogP) is 2.29. The van der Waals surface area contributed by atoms with Gasteiger partial charge >= 0.3 is 0 Å². The van der Waals surface area contributed by atoms with Gasteiger partial charge in [0, 0.05) is 13.1 Å².